The van der Waals surface area contributed by atoms with Crippen LogP contribution in [0, 0.1) is 10.8 Å². The molecule has 3 unspecified atom stereocenters. The summed E-state index contributed by atoms with van der Waals surface area (Å²) < 4.78 is 20.1. The maximum Gasteiger partial charge on any atom is 0.511 e. The molecule has 2 amide bonds. The third-order valence-electron chi connectivity index (χ3n) is 4.39. The molecular formula is C20H27N5O8S2. The average Bonchev–Trinajstić information content (AvgIpc) is 2.75. The van der Waals surface area contributed by atoms with Crippen LogP contribution in [0.15, 0.2) is 22.8 Å². The molecule has 0 aromatic rings. The molecule has 1 fully saturated rings. The van der Waals surface area contributed by atoms with Crippen molar-refractivity contribution in [2.45, 2.75) is 44.6 Å². The zero-order valence-corrected chi connectivity index (χ0v) is 21.1. The van der Waals surface area contributed by atoms with Gasteiger partial charge in [0.2, 0.25) is 6.29 Å². The Labute approximate surface area is 210 Å². The zero-order chi connectivity index (χ0) is 26.3. The van der Waals surface area contributed by atoms with Gasteiger partial charge in [-0.15, -0.1) is 11.8 Å². The van der Waals surface area contributed by atoms with Gasteiger partial charge in [0.05, 0.1) is 12.7 Å². The molecule has 2 heterocycles. The Morgan fingerprint density at radius 3 is 2.54 bits per heavy atom. The van der Waals surface area contributed by atoms with E-state index in [0.717, 1.165) is 17.8 Å². The van der Waals surface area contributed by atoms with Gasteiger partial charge in [-0.3, -0.25) is 25.3 Å². The van der Waals surface area contributed by atoms with Crippen LogP contribution in [0.3, 0.4) is 0 Å². The van der Waals surface area contributed by atoms with E-state index in [-0.39, 0.29) is 17.5 Å². The molecule has 0 aromatic carbocycles. The average molecular weight is 530 g/mol. The van der Waals surface area contributed by atoms with Crippen LogP contribution in [0.1, 0.15) is 20.8 Å². The van der Waals surface area contributed by atoms with Crippen molar-refractivity contribution in [2.24, 2.45) is 5.73 Å². The van der Waals surface area contributed by atoms with Crippen LogP contribution in [0.5, 0.6) is 0 Å². The number of fused-ring (bicyclic) bond motifs is 1. The fourth-order valence-corrected chi connectivity index (χ4v) is 4.69. The molecule has 15 heteroatoms. The molecule has 0 saturated carbocycles. The maximum absolute atomic E-state index is 12.9. The molecular weight excluding hydrogens is 502 g/mol. The number of nitrogens with one attached hydrogen (secondary N) is 3. The van der Waals surface area contributed by atoms with Gasteiger partial charge in [-0.1, -0.05) is 11.8 Å². The Hall–Kier alpha value is -3.04. The molecule has 3 atom stereocenters. The van der Waals surface area contributed by atoms with Crippen molar-refractivity contribution in [3.63, 3.8) is 0 Å². The lowest BCUT2D eigenvalue weighted by Gasteiger charge is -2.49. The lowest BCUT2D eigenvalue weighted by molar-refractivity contribution is -0.169. The minimum Gasteiger partial charge on any atom is -0.431 e. The van der Waals surface area contributed by atoms with Gasteiger partial charge in [-0.05, 0) is 30.9 Å². The van der Waals surface area contributed by atoms with E-state index in [4.69, 9.17) is 35.5 Å². The second-order valence-corrected chi connectivity index (χ2v) is 9.50. The molecule has 192 valence electrons. The summed E-state index contributed by atoms with van der Waals surface area (Å²) in [5, 5.41) is 17.9. The number of nitrogens with two attached hydrogens (primary N) is 1. The van der Waals surface area contributed by atoms with Crippen molar-refractivity contribution >= 4 is 58.3 Å². The number of amides is 2. The van der Waals surface area contributed by atoms with Gasteiger partial charge >= 0.3 is 12.1 Å². The number of methoxy groups -OCH3 is 1. The first-order chi connectivity index (χ1) is 16.5. The standard InChI is InChI=1S/C20H27N5O8S2/c1-9(2)31-20(29)33-10(3)32-18(28)14-11(7-30-4)8-35-17-13(16(27)25(14)17)24-15(26)12(21)5-6-34-19(22)23/h5-6,9-10,13,17,21H,7-8H2,1-4H3,(H3,22,23)(H,24,26)/b6-5+,21-12?. The highest BCUT2D eigenvalue weighted by Gasteiger charge is 2.54. The highest BCUT2D eigenvalue weighted by atomic mass is 32.2. The van der Waals surface area contributed by atoms with Crippen LogP contribution in [-0.4, -0.2) is 83.0 Å². The first kappa shape index (κ1) is 28.2. The molecule has 0 bridgehead atoms. The van der Waals surface area contributed by atoms with E-state index < -0.39 is 53.5 Å². The molecule has 0 spiro atoms. The third kappa shape index (κ3) is 7.47. The second-order valence-electron chi connectivity index (χ2n) is 7.45. The van der Waals surface area contributed by atoms with Gasteiger partial charge in [0.1, 0.15) is 22.8 Å². The minimum absolute atomic E-state index is 0.0494. The van der Waals surface area contributed by atoms with Gasteiger partial charge in [-0.2, -0.15) is 0 Å². The van der Waals surface area contributed by atoms with Crippen molar-refractivity contribution in [2.75, 3.05) is 19.5 Å². The summed E-state index contributed by atoms with van der Waals surface area (Å²) in [7, 11) is 1.44. The quantitative estimate of drug-likeness (QED) is 0.103. The van der Waals surface area contributed by atoms with Gasteiger partial charge in [0, 0.05) is 19.8 Å². The number of nitrogens with zero attached hydrogens (tertiary/aromatic N) is 1. The van der Waals surface area contributed by atoms with E-state index in [9.17, 15) is 19.2 Å². The largest absolute Gasteiger partial charge is 0.511 e. The van der Waals surface area contributed by atoms with Crippen molar-refractivity contribution in [3.05, 3.63) is 22.8 Å². The Bertz CT molecular complexity index is 967. The van der Waals surface area contributed by atoms with Gasteiger partial charge in [0.25, 0.3) is 11.8 Å². The van der Waals surface area contributed by atoms with E-state index in [1.807, 2.05) is 0 Å². The van der Waals surface area contributed by atoms with Gasteiger partial charge < -0.3 is 30.0 Å². The minimum atomic E-state index is -1.29. The van der Waals surface area contributed by atoms with Crippen molar-refractivity contribution in [3.8, 4) is 0 Å². The van der Waals surface area contributed by atoms with Crippen LogP contribution in [0.25, 0.3) is 0 Å². The monoisotopic (exact) mass is 529 g/mol. The molecule has 2 aliphatic heterocycles. The zero-order valence-electron chi connectivity index (χ0n) is 19.5. The number of hydrogen-bond acceptors (Lipinski definition) is 12. The summed E-state index contributed by atoms with van der Waals surface area (Å²) in [4.78, 5) is 50.9. The van der Waals surface area contributed by atoms with E-state index in [1.165, 1.54) is 36.1 Å². The fourth-order valence-electron chi connectivity index (χ4n) is 3.01. The van der Waals surface area contributed by atoms with Crippen molar-refractivity contribution in [1.29, 1.82) is 10.8 Å². The molecule has 2 rings (SSSR count). The van der Waals surface area contributed by atoms with Crippen molar-refractivity contribution < 1.29 is 38.1 Å². The predicted octanol–water partition coefficient (Wildman–Crippen LogP) is 0.898. The first-order valence-electron chi connectivity index (χ1n) is 10.3. The Kier molecular flexibility index (Phi) is 10.2. The van der Waals surface area contributed by atoms with E-state index in [0.29, 0.717) is 11.3 Å². The number of rotatable bonds is 10. The van der Waals surface area contributed by atoms with Crippen LogP contribution < -0.4 is 11.1 Å². The molecule has 1 saturated heterocycles. The van der Waals surface area contributed by atoms with Crippen LogP contribution in [-0.2, 0) is 33.3 Å². The topological polar surface area (TPSA) is 194 Å². The first-order valence-corrected chi connectivity index (χ1v) is 12.2. The van der Waals surface area contributed by atoms with Gasteiger partial charge in [-0.25, -0.2) is 9.59 Å². The van der Waals surface area contributed by atoms with Crippen LogP contribution in [0.2, 0.25) is 0 Å². The maximum atomic E-state index is 12.9. The van der Waals surface area contributed by atoms with Crippen LogP contribution >= 0.6 is 23.5 Å². The second kappa shape index (κ2) is 12.6. The predicted molar refractivity (Wildman–Crippen MR) is 129 cm³/mol. The summed E-state index contributed by atoms with van der Waals surface area (Å²) in [6.45, 7) is 4.65. The van der Waals surface area contributed by atoms with E-state index in [2.05, 4.69) is 5.32 Å². The number of ether oxygens (including phenoxy) is 4. The highest BCUT2D eigenvalue weighted by Crippen LogP contribution is 2.40. The molecule has 13 nitrogen and oxygen atoms in total. The summed E-state index contributed by atoms with van der Waals surface area (Å²) >= 11 is 2.13. The summed E-state index contributed by atoms with van der Waals surface area (Å²) in [6.07, 6.45) is -1.57. The van der Waals surface area contributed by atoms with Crippen LogP contribution in [0.4, 0.5) is 4.79 Å². The molecule has 0 radical (unpaired) electrons. The smallest absolute Gasteiger partial charge is 0.431 e. The Balaban J connectivity index is 2.09. The Morgan fingerprint density at radius 1 is 1.26 bits per heavy atom. The lowest BCUT2D eigenvalue weighted by Crippen LogP contribution is -2.71. The molecule has 2 aliphatic rings. The number of carbonyl (C=O) groups is 4. The number of amidine groups is 1. The number of carbonyl (C=O) groups excluding carboxylic acids is 4. The highest BCUT2D eigenvalue weighted by molar-refractivity contribution is 8.16. The van der Waals surface area contributed by atoms with E-state index in [1.54, 1.807) is 13.8 Å². The van der Waals surface area contributed by atoms with Crippen molar-refractivity contribution in [1.82, 2.24) is 10.2 Å². The molecule has 35 heavy (non-hydrogen) atoms. The number of esters is 1. The number of thioether (sulfide) groups is 2. The summed E-state index contributed by atoms with van der Waals surface area (Å²) in [5.41, 5.74) is 5.20. The third-order valence-corrected chi connectivity index (χ3v) is 6.25. The molecule has 5 N–H and O–H groups in total. The van der Waals surface area contributed by atoms with E-state index >= 15 is 0 Å². The summed E-state index contributed by atoms with van der Waals surface area (Å²) in [5.74, 6) is -1.96. The normalized spacial score (nSPS) is 20.1. The fraction of sp³-hybridized carbons (Fsp3) is 0.500. The number of hydrogen-bond donors (Lipinski definition) is 4. The lowest BCUT2D eigenvalue weighted by atomic mass is 10.0. The molecule has 0 aliphatic carbocycles. The Morgan fingerprint density at radius 2 is 1.94 bits per heavy atom. The SMILES string of the molecule is COCC1=C(C(=O)OC(C)OC(=O)OC(C)C)N2C(=O)C(NC(=O)C(=N)/C=C/SC(=N)N)C2SC1. The van der Waals surface area contributed by atoms with Gasteiger partial charge in [0.15, 0.2) is 5.17 Å². The molecule has 0 aromatic heterocycles. The number of β-lactam (4-membered cyclic amide) rings is 1. The summed E-state index contributed by atoms with van der Waals surface area (Å²) in [6, 6.07) is -0.969.